The smallest absolute Gasteiger partial charge is 0.268 e. The first-order valence-corrected chi connectivity index (χ1v) is 5.88. The maximum absolute atomic E-state index is 11.4. The Kier molecular flexibility index (Phi) is 2.53. The van der Waals surface area contributed by atoms with Gasteiger partial charge in [0.2, 0.25) is 5.91 Å². The van der Waals surface area contributed by atoms with Gasteiger partial charge in [-0.2, -0.15) is 0 Å². The Balaban J connectivity index is 2.37. The van der Waals surface area contributed by atoms with Crippen LogP contribution in [0, 0.1) is 0 Å². The van der Waals surface area contributed by atoms with Gasteiger partial charge >= 0.3 is 0 Å². The van der Waals surface area contributed by atoms with E-state index >= 15 is 0 Å². The molecule has 0 unspecified atom stereocenters. The number of thioether (sulfide) groups is 1. The molecule has 3 nitrogen and oxygen atoms in total. The second-order valence-electron chi connectivity index (χ2n) is 3.21. The summed E-state index contributed by atoms with van der Waals surface area (Å²) in [5.41, 5.74) is 1.15. The molecule has 0 radical (unpaired) electrons. The molecule has 2 atom stereocenters. The quantitative estimate of drug-likeness (QED) is 0.403. The molecule has 14 heavy (non-hydrogen) atoms. The number of hydrogen-bond acceptors (Lipinski definition) is 3. The zero-order chi connectivity index (χ0) is 10.5. The van der Waals surface area contributed by atoms with Gasteiger partial charge in [-0.25, -0.2) is 0 Å². The molecule has 2 heterocycles. The molecule has 76 valence electrons. The Morgan fingerprint density at radius 3 is 2.86 bits per heavy atom. The van der Waals surface area contributed by atoms with Crippen LogP contribution in [-0.4, -0.2) is 32.6 Å². The lowest BCUT2D eigenvalue weighted by Gasteiger charge is -2.47. The highest BCUT2D eigenvalue weighted by Crippen LogP contribution is 2.42. The fourth-order valence-electron chi connectivity index (χ4n) is 1.57. The van der Waals surface area contributed by atoms with Crippen LogP contribution in [0.15, 0.2) is 11.3 Å². The third kappa shape index (κ3) is 1.28. The predicted octanol–water partition coefficient (Wildman–Crippen LogP) is 1.55. The summed E-state index contributed by atoms with van der Waals surface area (Å²) in [7, 11) is 0. The fourth-order valence-corrected chi connectivity index (χ4v) is 3.46. The number of fused-ring (bicyclic) bond motifs is 1. The van der Waals surface area contributed by atoms with E-state index in [1.165, 1.54) is 4.90 Å². The molecule has 2 aliphatic rings. The number of hydrogen-bond donors (Lipinski definition) is 0. The number of carbonyl (C=O) groups excluding carboxylic acids is 2. The molecular weight excluding hydrogens is 245 g/mol. The van der Waals surface area contributed by atoms with Crippen LogP contribution in [0.4, 0.5) is 0 Å². The summed E-state index contributed by atoms with van der Waals surface area (Å²) in [6.45, 7) is 1.80. The maximum Gasteiger partial charge on any atom is 0.268 e. The van der Waals surface area contributed by atoms with Gasteiger partial charge in [-0.15, -0.1) is 23.4 Å². The standard InChI is InChI=1S/C8H7Cl2NO2S/c1-3-2-14-8-4(9)7(13)11(8)5(3)6(10)12/h4,8H,2H2,1H3/t4-,8+/m0/s1. The van der Waals surface area contributed by atoms with E-state index in [4.69, 9.17) is 23.2 Å². The topological polar surface area (TPSA) is 37.4 Å². The van der Waals surface area contributed by atoms with Gasteiger partial charge in [0, 0.05) is 5.75 Å². The molecule has 2 aliphatic heterocycles. The van der Waals surface area contributed by atoms with E-state index in [0.29, 0.717) is 11.4 Å². The predicted molar refractivity (Wildman–Crippen MR) is 56.3 cm³/mol. The number of nitrogens with zero attached hydrogens (tertiary/aromatic N) is 1. The molecule has 6 heteroatoms. The van der Waals surface area contributed by atoms with Crippen LogP contribution >= 0.6 is 35.0 Å². The minimum absolute atomic E-state index is 0.120. The van der Waals surface area contributed by atoms with Crippen molar-refractivity contribution in [3.8, 4) is 0 Å². The lowest BCUT2D eigenvalue weighted by Crippen LogP contribution is -2.62. The van der Waals surface area contributed by atoms with Crippen LogP contribution in [0.25, 0.3) is 0 Å². The zero-order valence-corrected chi connectivity index (χ0v) is 9.62. The van der Waals surface area contributed by atoms with Gasteiger partial charge in [0.15, 0.2) is 0 Å². The van der Waals surface area contributed by atoms with Crippen molar-refractivity contribution >= 4 is 46.1 Å². The molecule has 0 spiro atoms. The van der Waals surface area contributed by atoms with E-state index in [1.54, 1.807) is 18.7 Å². The highest BCUT2D eigenvalue weighted by atomic mass is 35.5. The summed E-state index contributed by atoms with van der Waals surface area (Å²) in [5, 5.41) is -1.21. The number of allylic oxidation sites excluding steroid dienone is 1. The lowest BCUT2D eigenvalue weighted by molar-refractivity contribution is -0.139. The van der Waals surface area contributed by atoms with E-state index in [2.05, 4.69) is 0 Å². The monoisotopic (exact) mass is 251 g/mol. The largest absolute Gasteiger partial charge is 0.292 e. The highest BCUT2D eigenvalue weighted by Gasteiger charge is 2.51. The number of amides is 1. The third-order valence-corrected chi connectivity index (χ3v) is 4.46. The SMILES string of the molecule is CC1=C(C(=O)Cl)N2C(=O)[C@H](Cl)[C@H]2SC1. The maximum atomic E-state index is 11.4. The Labute approximate surface area is 95.4 Å². The van der Waals surface area contributed by atoms with E-state index in [9.17, 15) is 9.59 Å². The summed E-state index contributed by atoms with van der Waals surface area (Å²) >= 11 is 12.8. The van der Waals surface area contributed by atoms with Crippen molar-refractivity contribution in [2.75, 3.05) is 5.75 Å². The van der Waals surface area contributed by atoms with Crippen molar-refractivity contribution in [3.05, 3.63) is 11.3 Å². The Morgan fingerprint density at radius 1 is 1.64 bits per heavy atom. The average molecular weight is 252 g/mol. The fraction of sp³-hybridized carbons (Fsp3) is 0.500. The van der Waals surface area contributed by atoms with Crippen molar-refractivity contribution < 1.29 is 9.59 Å². The van der Waals surface area contributed by atoms with Crippen molar-refractivity contribution in [1.82, 2.24) is 4.90 Å². The first kappa shape index (κ1) is 10.3. The molecule has 0 aliphatic carbocycles. The Hall–Kier alpha value is -0.190. The van der Waals surface area contributed by atoms with Crippen molar-refractivity contribution in [2.24, 2.45) is 0 Å². The van der Waals surface area contributed by atoms with Crippen molar-refractivity contribution in [2.45, 2.75) is 17.7 Å². The van der Waals surface area contributed by atoms with Crippen LogP contribution < -0.4 is 0 Å². The average Bonchev–Trinajstić information content (AvgIpc) is 2.15. The lowest BCUT2D eigenvalue weighted by atomic mass is 10.1. The molecule has 0 aromatic carbocycles. The van der Waals surface area contributed by atoms with Gasteiger partial charge in [0.05, 0.1) is 0 Å². The Bertz CT molecular complexity index is 355. The van der Waals surface area contributed by atoms with Gasteiger partial charge in [-0.1, -0.05) is 0 Å². The second kappa shape index (κ2) is 3.43. The number of halogens is 2. The molecule has 0 aromatic rings. The minimum Gasteiger partial charge on any atom is -0.292 e. The van der Waals surface area contributed by atoms with Crippen molar-refractivity contribution in [1.29, 1.82) is 0 Å². The summed E-state index contributed by atoms with van der Waals surface area (Å²) in [6.07, 6.45) is 0. The normalized spacial score (nSPS) is 31.4. The molecule has 1 saturated heterocycles. The van der Waals surface area contributed by atoms with Crippen molar-refractivity contribution in [3.63, 3.8) is 0 Å². The number of β-lactam (4-membered cyclic amide) rings is 1. The highest BCUT2D eigenvalue weighted by molar-refractivity contribution is 8.00. The molecule has 0 N–H and O–H groups in total. The molecular formula is C8H7Cl2NO2S. The number of rotatable bonds is 1. The molecule has 1 amide bonds. The molecule has 2 rings (SSSR count). The summed E-state index contributed by atoms with van der Waals surface area (Å²) in [6, 6.07) is 0. The second-order valence-corrected chi connectivity index (χ2v) is 5.13. The van der Waals surface area contributed by atoms with Gasteiger partial charge in [-0.3, -0.25) is 14.5 Å². The summed E-state index contributed by atoms with van der Waals surface area (Å²) < 4.78 is 0. The van der Waals surface area contributed by atoms with Crippen LogP contribution in [0.1, 0.15) is 6.92 Å². The first-order valence-electron chi connectivity index (χ1n) is 4.02. The van der Waals surface area contributed by atoms with Gasteiger partial charge in [0.1, 0.15) is 16.4 Å². The van der Waals surface area contributed by atoms with E-state index in [1.807, 2.05) is 0 Å². The molecule has 0 saturated carbocycles. The number of carbonyl (C=O) groups is 2. The van der Waals surface area contributed by atoms with Crippen LogP contribution in [0.5, 0.6) is 0 Å². The van der Waals surface area contributed by atoms with E-state index in [-0.39, 0.29) is 11.3 Å². The molecule has 0 bridgehead atoms. The summed E-state index contributed by atoms with van der Waals surface area (Å²) in [4.78, 5) is 23.9. The van der Waals surface area contributed by atoms with E-state index < -0.39 is 10.6 Å². The molecule has 1 fully saturated rings. The van der Waals surface area contributed by atoms with Gasteiger partial charge < -0.3 is 0 Å². The van der Waals surface area contributed by atoms with Gasteiger partial charge in [-0.05, 0) is 24.1 Å². The number of alkyl halides is 1. The van der Waals surface area contributed by atoms with E-state index in [0.717, 1.165) is 5.57 Å². The molecule has 0 aromatic heterocycles. The van der Waals surface area contributed by atoms with Crippen LogP contribution in [0.2, 0.25) is 0 Å². The van der Waals surface area contributed by atoms with Gasteiger partial charge in [0.25, 0.3) is 5.24 Å². The Morgan fingerprint density at radius 2 is 2.29 bits per heavy atom. The van der Waals surface area contributed by atoms with Crippen LogP contribution in [-0.2, 0) is 9.59 Å². The van der Waals surface area contributed by atoms with Crippen LogP contribution in [0.3, 0.4) is 0 Å². The zero-order valence-electron chi connectivity index (χ0n) is 7.29. The third-order valence-electron chi connectivity index (χ3n) is 2.28. The first-order chi connectivity index (χ1) is 6.54. The summed E-state index contributed by atoms with van der Waals surface area (Å²) in [5.74, 6) is 0.470. The minimum atomic E-state index is -0.579.